The molecule has 11 rings (SSSR count). The van der Waals surface area contributed by atoms with Gasteiger partial charge in [-0.25, -0.2) is 9.97 Å². The quantitative estimate of drug-likeness (QED) is 0.180. The Bertz CT molecular complexity index is 2750. The fourth-order valence-corrected chi connectivity index (χ4v) is 10.3. The second-order valence-electron chi connectivity index (χ2n) is 14.0. The van der Waals surface area contributed by atoms with E-state index in [1.54, 1.807) is 5.57 Å². The first kappa shape index (κ1) is 26.1. The normalized spacial score (nSPS) is 17.1. The van der Waals surface area contributed by atoms with E-state index in [9.17, 15) is 0 Å². The lowest BCUT2D eigenvalue weighted by atomic mass is 9.73. The van der Waals surface area contributed by atoms with Crippen LogP contribution in [0.25, 0.3) is 75.5 Å². The predicted octanol–water partition coefficient (Wildman–Crippen LogP) is 11.7. The van der Waals surface area contributed by atoms with Crippen LogP contribution in [0.3, 0.4) is 0 Å². The lowest BCUT2D eigenvalue weighted by molar-refractivity contribution is 0.608. The fourth-order valence-electron chi connectivity index (χ4n) is 9.13. The number of thiophene rings is 1. The summed E-state index contributed by atoms with van der Waals surface area (Å²) in [7, 11) is 0. The molecule has 4 heteroatoms. The zero-order valence-corrected chi connectivity index (χ0v) is 27.2. The molecule has 0 amide bonds. The van der Waals surface area contributed by atoms with Crippen molar-refractivity contribution in [2.24, 2.45) is 0 Å². The van der Waals surface area contributed by atoms with Crippen LogP contribution in [0.4, 0.5) is 0 Å². The van der Waals surface area contributed by atoms with Gasteiger partial charge in [0.25, 0.3) is 0 Å². The van der Waals surface area contributed by atoms with E-state index in [1.165, 1.54) is 75.0 Å². The van der Waals surface area contributed by atoms with Gasteiger partial charge in [-0.2, -0.15) is 0 Å². The van der Waals surface area contributed by atoms with Gasteiger partial charge >= 0.3 is 0 Å². The van der Waals surface area contributed by atoms with E-state index in [-0.39, 0.29) is 5.41 Å². The van der Waals surface area contributed by atoms with Gasteiger partial charge in [-0.05, 0) is 76.9 Å². The number of benzene rings is 5. The average molecular weight is 622 g/mol. The topological polar surface area (TPSA) is 30.7 Å². The Kier molecular flexibility index (Phi) is 5.02. The number of allylic oxidation sites excluding steroid dienone is 6. The van der Waals surface area contributed by atoms with Crippen LogP contribution in [-0.2, 0) is 5.41 Å². The third kappa shape index (κ3) is 3.31. The van der Waals surface area contributed by atoms with Gasteiger partial charge in [-0.15, -0.1) is 11.3 Å². The van der Waals surface area contributed by atoms with Gasteiger partial charge < -0.3 is 0 Å². The lowest BCUT2D eigenvalue weighted by Gasteiger charge is -2.31. The van der Waals surface area contributed by atoms with Crippen molar-refractivity contribution in [3.63, 3.8) is 0 Å². The summed E-state index contributed by atoms with van der Waals surface area (Å²) in [5.74, 6) is 1.82. The molecule has 0 atom stereocenters. The highest BCUT2D eigenvalue weighted by Crippen LogP contribution is 2.57. The Morgan fingerprint density at radius 2 is 1.60 bits per heavy atom. The molecule has 8 aromatic rings. The van der Waals surface area contributed by atoms with Crippen LogP contribution in [0, 0.1) is 0 Å². The maximum atomic E-state index is 5.63. The molecule has 3 aromatic heterocycles. The summed E-state index contributed by atoms with van der Waals surface area (Å²) >= 11 is 1.91. The first-order chi connectivity index (χ1) is 23.1. The van der Waals surface area contributed by atoms with Gasteiger partial charge in [0.05, 0.1) is 21.4 Å². The van der Waals surface area contributed by atoms with Crippen molar-refractivity contribution in [1.29, 1.82) is 0 Å². The largest absolute Gasteiger partial charge is 0.292 e. The van der Waals surface area contributed by atoms with Crippen LogP contribution in [0.2, 0.25) is 0 Å². The summed E-state index contributed by atoms with van der Waals surface area (Å²) in [6, 6.07) is 33.2. The number of hydrogen-bond acceptors (Lipinski definition) is 3. The summed E-state index contributed by atoms with van der Waals surface area (Å²) in [5.41, 5.74) is 11.8. The van der Waals surface area contributed by atoms with E-state index < -0.39 is 0 Å². The Labute approximate surface area is 276 Å². The molecule has 0 aliphatic heterocycles. The van der Waals surface area contributed by atoms with E-state index in [4.69, 9.17) is 9.97 Å². The number of aromatic nitrogens is 3. The Morgan fingerprint density at radius 1 is 0.745 bits per heavy atom. The van der Waals surface area contributed by atoms with Crippen LogP contribution >= 0.6 is 11.3 Å². The summed E-state index contributed by atoms with van der Waals surface area (Å²) in [4.78, 5) is 11.1. The Morgan fingerprint density at radius 3 is 2.51 bits per heavy atom. The summed E-state index contributed by atoms with van der Waals surface area (Å²) in [6.07, 6.45) is 9.05. The molecule has 3 nitrogen and oxygen atoms in total. The summed E-state index contributed by atoms with van der Waals surface area (Å²) < 4.78 is 5.18. The molecule has 47 heavy (non-hydrogen) atoms. The van der Waals surface area contributed by atoms with Gasteiger partial charge in [0, 0.05) is 42.8 Å². The molecule has 3 aliphatic rings. The van der Waals surface area contributed by atoms with E-state index in [0.29, 0.717) is 0 Å². The standard InChI is InChI=1S/C43H31N3S/c1-43(2)37-28-15-7-6-11-24(28)21-22-30(37)36-40(43)44-41(26-12-4-3-5-13-26)45-42(36)46-32-17-10-14-25-19-20-27-23-31-29-16-8-9-18-33(29)47-39(31)38(46)35(27)34(25)32/h3-6,8-14,16-20,23H,7,15,21-22H2,1-2H3. The first-order valence-corrected chi connectivity index (χ1v) is 17.6. The third-order valence-electron chi connectivity index (χ3n) is 11.1. The molecule has 5 aromatic carbocycles. The fraction of sp³-hybridized carbons (Fsp3) is 0.163. The van der Waals surface area contributed by atoms with E-state index in [1.807, 2.05) is 11.3 Å². The minimum absolute atomic E-state index is 0.227. The maximum absolute atomic E-state index is 5.63. The molecule has 0 fully saturated rings. The number of nitrogens with zero attached hydrogens (tertiary/aromatic N) is 3. The van der Waals surface area contributed by atoms with Crippen molar-refractivity contribution < 1.29 is 0 Å². The van der Waals surface area contributed by atoms with Crippen LogP contribution in [0.1, 0.15) is 50.8 Å². The second-order valence-corrected chi connectivity index (χ2v) is 15.0. The van der Waals surface area contributed by atoms with Crippen molar-refractivity contribution in [2.45, 2.75) is 44.9 Å². The van der Waals surface area contributed by atoms with Crippen LogP contribution < -0.4 is 0 Å². The lowest BCUT2D eigenvalue weighted by Crippen LogP contribution is -2.23. The molecule has 0 saturated carbocycles. The third-order valence-corrected chi connectivity index (χ3v) is 12.3. The molecule has 0 spiro atoms. The van der Waals surface area contributed by atoms with E-state index in [2.05, 4.69) is 122 Å². The SMILES string of the molecule is CC1(C)C2=C(CCC3=C2CCC=C3)c2c(-n3c4cccc5ccc6cc7c8ccccc8sc7c3c6c54)nc(-c3ccccc3)nc21. The van der Waals surface area contributed by atoms with Gasteiger partial charge in [-0.3, -0.25) is 4.57 Å². The number of rotatable bonds is 2. The molecule has 0 N–H and O–H groups in total. The minimum Gasteiger partial charge on any atom is -0.292 e. The van der Waals surface area contributed by atoms with Crippen molar-refractivity contribution in [3.8, 4) is 17.2 Å². The number of hydrogen-bond donors (Lipinski definition) is 0. The smallest absolute Gasteiger partial charge is 0.161 e. The van der Waals surface area contributed by atoms with Crippen LogP contribution in [0.15, 0.2) is 120 Å². The van der Waals surface area contributed by atoms with Crippen LogP contribution in [-0.4, -0.2) is 14.5 Å². The van der Waals surface area contributed by atoms with Gasteiger partial charge in [-0.1, -0.05) is 98.8 Å². The first-order valence-electron chi connectivity index (χ1n) is 16.8. The molecule has 224 valence electrons. The zero-order valence-electron chi connectivity index (χ0n) is 26.4. The Hall–Kier alpha value is -5.06. The molecule has 0 unspecified atom stereocenters. The summed E-state index contributed by atoms with van der Waals surface area (Å²) in [5, 5.41) is 7.86. The highest BCUT2D eigenvalue weighted by atomic mass is 32.1. The number of fused-ring (bicyclic) bond motifs is 7. The zero-order chi connectivity index (χ0) is 31.0. The molecule has 0 radical (unpaired) electrons. The molecule has 3 aliphatic carbocycles. The van der Waals surface area contributed by atoms with Gasteiger partial charge in [0.2, 0.25) is 0 Å². The van der Waals surface area contributed by atoms with E-state index in [0.717, 1.165) is 48.6 Å². The summed E-state index contributed by atoms with van der Waals surface area (Å²) in [6.45, 7) is 4.80. The van der Waals surface area contributed by atoms with Crippen LogP contribution in [0.5, 0.6) is 0 Å². The van der Waals surface area contributed by atoms with Crippen molar-refractivity contribution in [1.82, 2.24) is 14.5 Å². The molecular weight excluding hydrogens is 591 g/mol. The van der Waals surface area contributed by atoms with Crippen molar-refractivity contribution >= 4 is 69.7 Å². The highest BCUT2D eigenvalue weighted by molar-refractivity contribution is 7.26. The highest BCUT2D eigenvalue weighted by Gasteiger charge is 2.45. The molecule has 3 heterocycles. The van der Waals surface area contributed by atoms with Crippen molar-refractivity contribution in [2.75, 3.05) is 0 Å². The average Bonchev–Trinajstić information content (AvgIpc) is 3.74. The minimum atomic E-state index is -0.227. The van der Waals surface area contributed by atoms with E-state index >= 15 is 0 Å². The molecule has 0 bridgehead atoms. The van der Waals surface area contributed by atoms with Crippen molar-refractivity contribution in [3.05, 3.63) is 131 Å². The second kappa shape index (κ2) is 9.05. The van der Waals surface area contributed by atoms with Gasteiger partial charge in [0.1, 0.15) is 5.82 Å². The predicted molar refractivity (Wildman–Crippen MR) is 198 cm³/mol. The molecule has 0 saturated heterocycles. The Balaban J connectivity index is 1.36. The van der Waals surface area contributed by atoms with Gasteiger partial charge in [0.15, 0.2) is 5.82 Å². The molecular formula is C43H31N3S. The monoisotopic (exact) mass is 621 g/mol. The maximum Gasteiger partial charge on any atom is 0.161 e.